The second kappa shape index (κ2) is 6.49. The van der Waals surface area contributed by atoms with Crippen molar-refractivity contribution in [2.24, 2.45) is 0 Å². The Kier molecular flexibility index (Phi) is 4.03. The highest BCUT2D eigenvalue weighted by atomic mass is 32.1. The molecule has 0 saturated carbocycles. The number of hydrogen-bond acceptors (Lipinski definition) is 5. The van der Waals surface area contributed by atoms with Gasteiger partial charge in [-0.05, 0) is 48.9 Å². The quantitative estimate of drug-likeness (QED) is 0.379. The minimum atomic E-state index is -0.315. The Balaban J connectivity index is 0.00000181. The van der Waals surface area contributed by atoms with E-state index < -0.39 is 0 Å². The summed E-state index contributed by atoms with van der Waals surface area (Å²) < 4.78 is 16.0. The maximum atomic E-state index is 15.0. The van der Waals surface area contributed by atoms with Crippen LogP contribution in [-0.4, -0.2) is 20.2 Å². The molecular weight excluding hydrogens is 385 g/mol. The van der Waals surface area contributed by atoms with Crippen molar-refractivity contribution in [2.45, 2.75) is 33.1 Å². The number of hydrogen-bond donors (Lipinski definition) is 2. The number of fused-ring (bicyclic) bond motifs is 6. The van der Waals surface area contributed by atoms with Crippen molar-refractivity contribution in [2.75, 3.05) is 5.73 Å². The Morgan fingerprint density at radius 2 is 1.90 bits per heavy atom. The predicted molar refractivity (Wildman–Crippen MR) is 118 cm³/mol. The molecule has 3 N–H and O–H groups in total. The normalized spacial score (nSPS) is 13.7. The summed E-state index contributed by atoms with van der Waals surface area (Å²) in [5.41, 5.74) is 12.2. The fraction of sp³-hybridized carbons (Fsp3) is 0.227. The van der Waals surface area contributed by atoms with Crippen LogP contribution < -0.4 is 5.73 Å². The molecule has 2 aromatic carbocycles. The summed E-state index contributed by atoms with van der Waals surface area (Å²) in [6, 6.07) is 7.54. The van der Waals surface area contributed by atoms with Crippen LogP contribution >= 0.6 is 11.3 Å². The summed E-state index contributed by atoms with van der Waals surface area (Å²) in [6.45, 7) is 0. The van der Waals surface area contributed by atoms with Gasteiger partial charge in [0.15, 0.2) is 10.9 Å². The van der Waals surface area contributed by atoms with E-state index in [0.717, 1.165) is 57.9 Å². The van der Waals surface area contributed by atoms with Crippen LogP contribution in [-0.2, 0) is 12.8 Å². The highest BCUT2D eigenvalue weighted by Crippen LogP contribution is 2.39. The molecule has 0 amide bonds. The average Bonchev–Trinajstić information content (AvgIpc) is 3.31. The lowest BCUT2D eigenvalue weighted by atomic mass is 9.85. The number of rotatable bonds is 1. The molecule has 146 valence electrons. The smallest absolute Gasteiger partial charge is 0.181 e. The molecule has 1 aliphatic carbocycles. The Bertz CT molecular complexity index is 1400. The molecule has 0 spiro atoms. The molecule has 5 nitrogen and oxygen atoms in total. The first-order valence-corrected chi connectivity index (χ1v) is 10.1. The van der Waals surface area contributed by atoms with Gasteiger partial charge in [0.25, 0.3) is 0 Å². The minimum Gasteiger partial charge on any atom is -0.375 e. The molecule has 0 atom stereocenters. The van der Waals surface area contributed by atoms with E-state index in [1.165, 1.54) is 28.5 Å². The van der Waals surface area contributed by atoms with Crippen LogP contribution in [0.4, 0.5) is 9.52 Å². The second-order valence-corrected chi connectivity index (χ2v) is 8.33. The molecular formula is C22H20FN5S. The van der Waals surface area contributed by atoms with Gasteiger partial charge in [-0.15, -0.1) is 0 Å². The monoisotopic (exact) mass is 405 g/mol. The van der Waals surface area contributed by atoms with Crippen LogP contribution in [0.5, 0.6) is 0 Å². The Hall–Kier alpha value is -3.06. The lowest BCUT2D eigenvalue weighted by molar-refractivity contribution is 0.636. The van der Waals surface area contributed by atoms with E-state index in [4.69, 9.17) is 10.7 Å². The van der Waals surface area contributed by atoms with Crippen molar-refractivity contribution in [1.82, 2.24) is 20.2 Å². The molecule has 7 heteroatoms. The molecule has 0 fully saturated rings. The van der Waals surface area contributed by atoms with E-state index in [1.807, 2.05) is 12.1 Å². The first-order chi connectivity index (χ1) is 13.7. The van der Waals surface area contributed by atoms with Gasteiger partial charge in [-0.3, -0.25) is 5.10 Å². The van der Waals surface area contributed by atoms with E-state index in [1.54, 1.807) is 6.20 Å². The van der Waals surface area contributed by atoms with Crippen molar-refractivity contribution in [3.63, 3.8) is 0 Å². The van der Waals surface area contributed by atoms with Gasteiger partial charge in [0.05, 0.1) is 27.6 Å². The lowest BCUT2D eigenvalue weighted by Gasteiger charge is -2.22. The maximum absolute atomic E-state index is 15.0. The van der Waals surface area contributed by atoms with Gasteiger partial charge in [-0.25, -0.2) is 14.4 Å². The van der Waals surface area contributed by atoms with Gasteiger partial charge in [0.1, 0.15) is 5.52 Å². The van der Waals surface area contributed by atoms with Gasteiger partial charge in [0, 0.05) is 22.4 Å². The zero-order chi connectivity index (χ0) is 18.8. The number of aromatic amines is 1. The first-order valence-electron chi connectivity index (χ1n) is 9.32. The number of anilines is 1. The second-order valence-electron chi connectivity index (χ2n) is 7.27. The Morgan fingerprint density at radius 1 is 1.07 bits per heavy atom. The van der Waals surface area contributed by atoms with Crippen molar-refractivity contribution in [3.05, 3.63) is 47.4 Å². The highest BCUT2D eigenvalue weighted by molar-refractivity contribution is 7.22. The zero-order valence-corrected chi connectivity index (χ0v) is 15.7. The third kappa shape index (κ3) is 2.61. The first kappa shape index (κ1) is 18.0. The number of aromatic nitrogens is 4. The predicted octanol–water partition coefficient (Wildman–Crippen LogP) is 5.62. The Labute approximate surface area is 170 Å². The third-order valence-electron chi connectivity index (χ3n) is 5.63. The number of H-pyrrole nitrogens is 1. The standard InChI is InChI=1S/C21H16FN5S.CH4/c22-14-8-16-13(9-24-27-16)18-11-3-1-2-4-12(11)19(26-20(14)18)10-5-6-15-17(7-10)28-21(23)25-15;/h5-9H,1-4H2,(H2,23,25)(H,24,27);1H4. The molecule has 3 heterocycles. The number of thiazole rings is 1. The van der Waals surface area contributed by atoms with Crippen LogP contribution in [0.1, 0.15) is 31.4 Å². The molecule has 1 aliphatic rings. The molecule has 0 bridgehead atoms. The molecule has 0 unspecified atom stereocenters. The van der Waals surface area contributed by atoms with Crippen molar-refractivity contribution in [1.29, 1.82) is 0 Å². The Morgan fingerprint density at radius 3 is 2.76 bits per heavy atom. The number of pyridine rings is 1. The maximum Gasteiger partial charge on any atom is 0.181 e. The van der Waals surface area contributed by atoms with E-state index >= 15 is 0 Å². The van der Waals surface area contributed by atoms with Crippen LogP contribution in [0.3, 0.4) is 0 Å². The lowest BCUT2D eigenvalue weighted by Crippen LogP contribution is -2.08. The summed E-state index contributed by atoms with van der Waals surface area (Å²) >= 11 is 1.46. The number of aryl methyl sites for hydroxylation is 1. The van der Waals surface area contributed by atoms with Gasteiger partial charge < -0.3 is 5.73 Å². The van der Waals surface area contributed by atoms with E-state index in [9.17, 15) is 4.39 Å². The molecule has 6 rings (SSSR count). The summed E-state index contributed by atoms with van der Waals surface area (Å²) in [6.07, 6.45) is 5.88. The van der Waals surface area contributed by atoms with Crippen LogP contribution in [0.15, 0.2) is 30.5 Å². The molecule has 29 heavy (non-hydrogen) atoms. The average molecular weight is 406 g/mol. The molecule has 3 aromatic heterocycles. The number of nitrogen functional groups attached to an aromatic ring is 1. The number of nitrogens with two attached hydrogens (primary N) is 1. The summed E-state index contributed by atoms with van der Waals surface area (Å²) in [7, 11) is 0. The van der Waals surface area contributed by atoms with Crippen molar-refractivity contribution in [3.8, 4) is 11.3 Å². The van der Waals surface area contributed by atoms with E-state index in [2.05, 4.69) is 21.2 Å². The highest BCUT2D eigenvalue weighted by Gasteiger charge is 2.23. The molecule has 0 aliphatic heterocycles. The topological polar surface area (TPSA) is 80.5 Å². The number of benzene rings is 2. The number of nitrogens with zero attached hydrogens (tertiary/aromatic N) is 3. The van der Waals surface area contributed by atoms with Crippen LogP contribution in [0.25, 0.3) is 43.3 Å². The zero-order valence-electron chi connectivity index (χ0n) is 14.9. The van der Waals surface area contributed by atoms with Gasteiger partial charge in [0.2, 0.25) is 0 Å². The minimum absolute atomic E-state index is 0. The van der Waals surface area contributed by atoms with Crippen LogP contribution in [0, 0.1) is 5.82 Å². The van der Waals surface area contributed by atoms with Gasteiger partial charge >= 0.3 is 0 Å². The summed E-state index contributed by atoms with van der Waals surface area (Å²) in [5.74, 6) is -0.315. The SMILES string of the molecule is C.Nc1nc2ccc(-c3nc4c(F)cc5[nH]ncc5c4c4c3CCCC4)cc2s1. The molecule has 0 saturated heterocycles. The number of nitrogens with one attached hydrogen (secondary N) is 1. The molecule has 0 radical (unpaired) electrons. The van der Waals surface area contributed by atoms with E-state index in [-0.39, 0.29) is 13.2 Å². The fourth-order valence-corrected chi connectivity index (χ4v) is 5.19. The largest absolute Gasteiger partial charge is 0.375 e. The van der Waals surface area contributed by atoms with Crippen molar-refractivity contribution < 1.29 is 4.39 Å². The number of halogens is 1. The third-order valence-corrected chi connectivity index (χ3v) is 6.48. The van der Waals surface area contributed by atoms with E-state index in [0.29, 0.717) is 16.2 Å². The van der Waals surface area contributed by atoms with Gasteiger partial charge in [-0.2, -0.15) is 5.10 Å². The fourth-order valence-electron chi connectivity index (χ4n) is 4.41. The summed E-state index contributed by atoms with van der Waals surface area (Å²) in [4.78, 5) is 9.17. The van der Waals surface area contributed by atoms with Gasteiger partial charge in [-0.1, -0.05) is 24.8 Å². The summed E-state index contributed by atoms with van der Waals surface area (Å²) in [5, 5.41) is 9.42. The van der Waals surface area contributed by atoms with Crippen molar-refractivity contribution >= 4 is 48.5 Å². The van der Waals surface area contributed by atoms with Crippen LogP contribution in [0.2, 0.25) is 0 Å². The molecule has 5 aromatic rings.